The molecule has 1 N–H and O–H groups in total. The molecule has 0 bridgehead atoms. The highest BCUT2D eigenvalue weighted by atomic mass is 16.1. The fourth-order valence-electron chi connectivity index (χ4n) is 1.67. The third kappa shape index (κ3) is 3.33. The molecule has 0 radical (unpaired) electrons. The lowest BCUT2D eigenvalue weighted by molar-refractivity contribution is -0.112. The van der Waals surface area contributed by atoms with Gasteiger partial charge < -0.3 is 5.32 Å². The van der Waals surface area contributed by atoms with Gasteiger partial charge in [-0.3, -0.25) is 9.48 Å². The zero-order chi connectivity index (χ0) is 14.5. The van der Waals surface area contributed by atoms with Crippen LogP contribution in [-0.2, 0) is 11.8 Å². The Morgan fingerprint density at radius 2 is 2.10 bits per heavy atom. The summed E-state index contributed by atoms with van der Waals surface area (Å²) in [5.41, 5.74) is 2.52. The van der Waals surface area contributed by atoms with Crippen LogP contribution in [0.25, 0.3) is 6.08 Å². The number of hydrogen-bond acceptors (Lipinski definition) is 3. The molecule has 2 aromatic rings. The lowest BCUT2D eigenvalue weighted by Gasteiger charge is -2.04. The van der Waals surface area contributed by atoms with Gasteiger partial charge in [0.2, 0.25) is 0 Å². The molecule has 1 aromatic heterocycles. The number of amides is 1. The standard InChI is InChI=1S/C15H14N4O/c1-11-3-5-14(6-4-11)18-15(20)13(8-16)7-12-9-17-19(2)10-12/h3-7,9-10H,1-2H3,(H,18,20)/b13-7+. The third-order valence-electron chi connectivity index (χ3n) is 2.71. The number of nitrogens with zero attached hydrogens (tertiary/aromatic N) is 3. The molecule has 0 aliphatic heterocycles. The average Bonchev–Trinajstić information content (AvgIpc) is 2.84. The van der Waals surface area contributed by atoms with Crippen LogP contribution in [0.5, 0.6) is 0 Å². The molecule has 100 valence electrons. The monoisotopic (exact) mass is 266 g/mol. The van der Waals surface area contributed by atoms with Gasteiger partial charge in [0.1, 0.15) is 11.6 Å². The van der Waals surface area contributed by atoms with E-state index in [1.807, 2.05) is 25.1 Å². The van der Waals surface area contributed by atoms with E-state index >= 15 is 0 Å². The van der Waals surface area contributed by atoms with Crippen molar-refractivity contribution in [3.8, 4) is 6.07 Å². The van der Waals surface area contributed by atoms with Gasteiger partial charge >= 0.3 is 0 Å². The van der Waals surface area contributed by atoms with Crippen LogP contribution in [0.4, 0.5) is 5.69 Å². The number of nitriles is 1. The molecule has 1 amide bonds. The third-order valence-corrected chi connectivity index (χ3v) is 2.71. The van der Waals surface area contributed by atoms with Crippen molar-refractivity contribution in [1.29, 1.82) is 5.26 Å². The Morgan fingerprint density at radius 3 is 2.65 bits per heavy atom. The lowest BCUT2D eigenvalue weighted by Crippen LogP contribution is -2.13. The van der Waals surface area contributed by atoms with Crippen molar-refractivity contribution in [2.24, 2.45) is 7.05 Å². The van der Waals surface area contributed by atoms with Crippen LogP contribution in [0.1, 0.15) is 11.1 Å². The number of nitrogens with one attached hydrogen (secondary N) is 1. The van der Waals surface area contributed by atoms with E-state index in [-0.39, 0.29) is 5.57 Å². The van der Waals surface area contributed by atoms with E-state index in [1.165, 1.54) is 6.08 Å². The fraction of sp³-hybridized carbons (Fsp3) is 0.133. The van der Waals surface area contributed by atoms with Crippen molar-refractivity contribution < 1.29 is 4.79 Å². The summed E-state index contributed by atoms with van der Waals surface area (Å²) in [4.78, 5) is 12.0. The van der Waals surface area contributed by atoms with Gasteiger partial charge in [0.05, 0.1) is 6.20 Å². The van der Waals surface area contributed by atoms with Gasteiger partial charge in [0.15, 0.2) is 0 Å². The first-order chi connectivity index (χ1) is 9.58. The molecule has 5 nitrogen and oxygen atoms in total. The predicted molar refractivity (Wildman–Crippen MR) is 76.6 cm³/mol. The molecule has 0 fully saturated rings. The Kier molecular flexibility index (Phi) is 3.96. The first-order valence-corrected chi connectivity index (χ1v) is 6.07. The largest absolute Gasteiger partial charge is 0.321 e. The number of anilines is 1. The van der Waals surface area contributed by atoms with Gasteiger partial charge in [-0.05, 0) is 25.1 Å². The highest BCUT2D eigenvalue weighted by Gasteiger charge is 2.09. The van der Waals surface area contributed by atoms with Crippen molar-refractivity contribution in [3.63, 3.8) is 0 Å². The van der Waals surface area contributed by atoms with E-state index in [4.69, 9.17) is 5.26 Å². The summed E-state index contributed by atoms with van der Waals surface area (Å²) >= 11 is 0. The minimum Gasteiger partial charge on any atom is -0.321 e. The quantitative estimate of drug-likeness (QED) is 0.684. The van der Waals surface area contributed by atoms with Gasteiger partial charge in [-0.2, -0.15) is 10.4 Å². The molecule has 20 heavy (non-hydrogen) atoms. The molecule has 0 saturated carbocycles. The van der Waals surface area contributed by atoms with Crippen LogP contribution in [0, 0.1) is 18.3 Å². The normalized spacial score (nSPS) is 10.9. The summed E-state index contributed by atoms with van der Waals surface area (Å²) < 4.78 is 1.61. The Morgan fingerprint density at radius 1 is 1.40 bits per heavy atom. The second-order valence-electron chi connectivity index (χ2n) is 4.44. The average molecular weight is 266 g/mol. The number of carbonyl (C=O) groups excluding carboxylic acids is 1. The SMILES string of the molecule is Cc1ccc(NC(=O)/C(C#N)=C/c2cnn(C)c2)cc1. The highest BCUT2D eigenvalue weighted by molar-refractivity contribution is 6.09. The molecule has 0 saturated heterocycles. The second-order valence-corrected chi connectivity index (χ2v) is 4.44. The maximum atomic E-state index is 12.0. The smallest absolute Gasteiger partial charge is 0.266 e. The molecule has 2 rings (SSSR count). The summed E-state index contributed by atoms with van der Waals surface area (Å²) in [7, 11) is 1.77. The summed E-state index contributed by atoms with van der Waals surface area (Å²) in [6.45, 7) is 1.97. The predicted octanol–water partition coefficient (Wildman–Crippen LogP) is 2.27. The second kappa shape index (κ2) is 5.85. The topological polar surface area (TPSA) is 70.7 Å². The van der Waals surface area contributed by atoms with Crippen molar-refractivity contribution in [2.45, 2.75) is 6.92 Å². The molecule has 0 spiro atoms. The first-order valence-electron chi connectivity index (χ1n) is 6.07. The van der Waals surface area contributed by atoms with Crippen LogP contribution < -0.4 is 5.32 Å². The van der Waals surface area contributed by atoms with E-state index in [1.54, 1.807) is 36.3 Å². The van der Waals surface area contributed by atoms with Crippen LogP contribution >= 0.6 is 0 Å². The van der Waals surface area contributed by atoms with E-state index in [2.05, 4.69) is 10.4 Å². The number of hydrogen-bond donors (Lipinski definition) is 1. The maximum absolute atomic E-state index is 12.0. The van der Waals surface area contributed by atoms with Crippen LogP contribution in [0.2, 0.25) is 0 Å². The van der Waals surface area contributed by atoms with Gasteiger partial charge in [-0.25, -0.2) is 0 Å². The molecule has 0 unspecified atom stereocenters. The molecular weight excluding hydrogens is 252 g/mol. The first kappa shape index (κ1) is 13.6. The highest BCUT2D eigenvalue weighted by Crippen LogP contribution is 2.11. The van der Waals surface area contributed by atoms with Gasteiger partial charge in [0, 0.05) is 24.5 Å². The summed E-state index contributed by atoms with van der Waals surface area (Å²) in [6, 6.07) is 9.29. The zero-order valence-electron chi connectivity index (χ0n) is 11.3. The summed E-state index contributed by atoms with van der Waals surface area (Å²) in [5.74, 6) is -0.430. The Bertz CT molecular complexity index is 689. The van der Waals surface area contributed by atoms with E-state index in [9.17, 15) is 4.79 Å². The van der Waals surface area contributed by atoms with E-state index in [0.29, 0.717) is 11.3 Å². The van der Waals surface area contributed by atoms with Gasteiger partial charge in [-0.15, -0.1) is 0 Å². The molecule has 5 heteroatoms. The number of benzene rings is 1. The van der Waals surface area contributed by atoms with Gasteiger partial charge in [-0.1, -0.05) is 17.7 Å². The molecule has 1 aromatic carbocycles. The lowest BCUT2D eigenvalue weighted by atomic mass is 10.2. The van der Waals surface area contributed by atoms with Crippen molar-refractivity contribution in [1.82, 2.24) is 9.78 Å². The van der Waals surface area contributed by atoms with Crippen molar-refractivity contribution in [2.75, 3.05) is 5.32 Å². The Hall–Kier alpha value is -2.87. The zero-order valence-corrected chi connectivity index (χ0v) is 11.3. The Labute approximate surface area is 117 Å². The minimum atomic E-state index is -0.430. The molecular formula is C15H14N4O. The van der Waals surface area contributed by atoms with Crippen LogP contribution in [-0.4, -0.2) is 15.7 Å². The fourth-order valence-corrected chi connectivity index (χ4v) is 1.67. The number of aromatic nitrogens is 2. The molecule has 0 aliphatic carbocycles. The van der Waals surface area contributed by atoms with Crippen molar-refractivity contribution >= 4 is 17.7 Å². The number of rotatable bonds is 3. The van der Waals surface area contributed by atoms with Crippen LogP contribution in [0.3, 0.4) is 0 Å². The molecule has 1 heterocycles. The van der Waals surface area contributed by atoms with Crippen LogP contribution in [0.15, 0.2) is 42.2 Å². The van der Waals surface area contributed by atoms with E-state index in [0.717, 1.165) is 5.56 Å². The number of aryl methyl sites for hydroxylation is 2. The number of carbonyl (C=O) groups is 1. The van der Waals surface area contributed by atoms with Gasteiger partial charge in [0.25, 0.3) is 5.91 Å². The Balaban J connectivity index is 2.16. The molecule has 0 aliphatic rings. The van der Waals surface area contributed by atoms with Crippen molar-refractivity contribution in [3.05, 3.63) is 53.4 Å². The summed E-state index contributed by atoms with van der Waals surface area (Å²) in [5, 5.41) is 15.8. The van der Waals surface area contributed by atoms with E-state index < -0.39 is 5.91 Å². The molecule has 0 atom stereocenters. The minimum absolute atomic E-state index is 0.0403. The maximum Gasteiger partial charge on any atom is 0.266 e. The summed E-state index contributed by atoms with van der Waals surface area (Å²) in [6.07, 6.45) is 4.84.